The zero-order valence-corrected chi connectivity index (χ0v) is 8.49. The molecule has 0 aromatic carbocycles. The van der Waals surface area contributed by atoms with E-state index in [1.54, 1.807) is 13.0 Å². The van der Waals surface area contributed by atoms with E-state index in [1.165, 1.54) is 6.08 Å². The highest BCUT2D eigenvalue weighted by atomic mass is 16.5. The third-order valence-electron chi connectivity index (χ3n) is 1.83. The standard InChI is InChI=1S/C10H18O3/c1-4-13-10(12)6-5-9(7-11)8(2)3/h5-6,8-9,11H,4,7H2,1-3H3/b6-5+/t9-/m1/s1. The average Bonchev–Trinajstić information content (AvgIpc) is 2.05. The first-order chi connectivity index (χ1) is 6.11. The van der Waals surface area contributed by atoms with E-state index in [0.29, 0.717) is 12.5 Å². The maximum atomic E-state index is 10.9. The molecular formula is C10H18O3. The molecule has 0 amide bonds. The summed E-state index contributed by atoms with van der Waals surface area (Å²) in [6.07, 6.45) is 3.08. The fourth-order valence-electron chi connectivity index (χ4n) is 0.886. The molecule has 1 atom stereocenters. The van der Waals surface area contributed by atoms with E-state index in [0.717, 1.165) is 0 Å². The number of carbonyl (C=O) groups is 1. The Morgan fingerprint density at radius 2 is 2.15 bits per heavy atom. The Labute approximate surface area is 79.4 Å². The smallest absolute Gasteiger partial charge is 0.330 e. The SMILES string of the molecule is CCOC(=O)/C=C/[C@H](CO)C(C)C. The van der Waals surface area contributed by atoms with E-state index in [9.17, 15) is 4.79 Å². The first kappa shape index (κ1) is 12.2. The predicted molar refractivity (Wildman–Crippen MR) is 51.2 cm³/mol. The van der Waals surface area contributed by atoms with Gasteiger partial charge in [-0.2, -0.15) is 0 Å². The summed E-state index contributed by atoms with van der Waals surface area (Å²) in [4.78, 5) is 10.9. The van der Waals surface area contributed by atoms with E-state index in [1.807, 2.05) is 13.8 Å². The summed E-state index contributed by atoms with van der Waals surface area (Å²) in [5, 5.41) is 8.94. The first-order valence-corrected chi connectivity index (χ1v) is 4.57. The van der Waals surface area contributed by atoms with Gasteiger partial charge in [-0.05, 0) is 12.8 Å². The number of rotatable bonds is 5. The summed E-state index contributed by atoms with van der Waals surface area (Å²) in [5.74, 6) is 0.0154. The molecule has 13 heavy (non-hydrogen) atoms. The number of aliphatic hydroxyl groups excluding tert-OH is 1. The van der Waals surface area contributed by atoms with E-state index in [2.05, 4.69) is 0 Å². The van der Waals surface area contributed by atoms with Gasteiger partial charge in [0.25, 0.3) is 0 Å². The van der Waals surface area contributed by atoms with Crippen LogP contribution in [0.4, 0.5) is 0 Å². The summed E-state index contributed by atoms with van der Waals surface area (Å²) in [6.45, 7) is 6.20. The van der Waals surface area contributed by atoms with Gasteiger partial charge in [-0.15, -0.1) is 0 Å². The molecule has 3 heteroatoms. The van der Waals surface area contributed by atoms with Gasteiger partial charge in [-0.1, -0.05) is 19.9 Å². The number of carbonyl (C=O) groups excluding carboxylic acids is 1. The van der Waals surface area contributed by atoms with Gasteiger partial charge in [0.05, 0.1) is 6.61 Å². The Bertz CT molecular complexity index is 173. The molecule has 0 aromatic heterocycles. The highest BCUT2D eigenvalue weighted by Crippen LogP contribution is 2.11. The molecule has 0 rings (SSSR count). The van der Waals surface area contributed by atoms with Crippen molar-refractivity contribution in [1.82, 2.24) is 0 Å². The van der Waals surface area contributed by atoms with Crippen LogP contribution in [0.25, 0.3) is 0 Å². The maximum absolute atomic E-state index is 10.9. The van der Waals surface area contributed by atoms with Crippen molar-refractivity contribution < 1.29 is 14.6 Å². The number of hydrogen-bond acceptors (Lipinski definition) is 3. The van der Waals surface area contributed by atoms with Crippen LogP contribution in [0, 0.1) is 11.8 Å². The third kappa shape index (κ3) is 5.42. The minimum Gasteiger partial charge on any atom is -0.463 e. The molecule has 0 spiro atoms. The van der Waals surface area contributed by atoms with Crippen LogP contribution < -0.4 is 0 Å². The van der Waals surface area contributed by atoms with Crippen LogP contribution in [0.3, 0.4) is 0 Å². The second-order valence-corrected chi connectivity index (χ2v) is 3.20. The number of ether oxygens (including phenoxy) is 1. The van der Waals surface area contributed by atoms with E-state index in [4.69, 9.17) is 9.84 Å². The normalized spacial score (nSPS) is 13.6. The summed E-state index contributed by atoms with van der Waals surface area (Å²) in [7, 11) is 0. The monoisotopic (exact) mass is 186 g/mol. The van der Waals surface area contributed by atoms with E-state index in [-0.39, 0.29) is 18.5 Å². The average molecular weight is 186 g/mol. The quantitative estimate of drug-likeness (QED) is 0.521. The van der Waals surface area contributed by atoms with Gasteiger partial charge in [0.15, 0.2) is 0 Å². The van der Waals surface area contributed by atoms with Gasteiger partial charge in [-0.3, -0.25) is 0 Å². The van der Waals surface area contributed by atoms with Crippen LogP contribution in [0.2, 0.25) is 0 Å². The van der Waals surface area contributed by atoms with Crippen molar-refractivity contribution in [3.8, 4) is 0 Å². The van der Waals surface area contributed by atoms with Crippen molar-refractivity contribution in [2.45, 2.75) is 20.8 Å². The molecule has 1 N–H and O–H groups in total. The summed E-state index contributed by atoms with van der Waals surface area (Å²) in [5.41, 5.74) is 0. The van der Waals surface area contributed by atoms with Crippen LogP contribution in [0.15, 0.2) is 12.2 Å². The molecule has 0 fully saturated rings. The van der Waals surface area contributed by atoms with Crippen molar-refractivity contribution in [2.75, 3.05) is 13.2 Å². The second kappa shape index (κ2) is 6.66. The van der Waals surface area contributed by atoms with Gasteiger partial charge in [0.2, 0.25) is 0 Å². The number of hydrogen-bond donors (Lipinski definition) is 1. The molecule has 0 aliphatic heterocycles. The van der Waals surface area contributed by atoms with Gasteiger partial charge in [0, 0.05) is 18.6 Å². The fourth-order valence-corrected chi connectivity index (χ4v) is 0.886. The van der Waals surface area contributed by atoms with Crippen molar-refractivity contribution in [3.05, 3.63) is 12.2 Å². The Kier molecular flexibility index (Phi) is 6.24. The van der Waals surface area contributed by atoms with Crippen LogP contribution in [0.5, 0.6) is 0 Å². The molecule has 0 unspecified atom stereocenters. The fraction of sp³-hybridized carbons (Fsp3) is 0.700. The zero-order valence-electron chi connectivity index (χ0n) is 8.49. The Morgan fingerprint density at radius 3 is 2.54 bits per heavy atom. The molecule has 0 radical (unpaired) electrons. The van der Waals surface area contributed by atoms with Crippen LogP contribution in [-0.2, 0) is 9.53 Å². The summed E-state index contributed by atoms with van der Waals surface area (Å²) in [6, 6.07) is 0. The third-order valence-corrected chi connectivity index (χ3v) is 1.83. The largest absolute Gasteiger partial charge is 0.463 e. The molecule has 0 aliphatic rings. The molecule has 0 saturated carbocycles. The van der Waals surface area contributed by atoms with Gasteiger partial charge < -0.3 is 9.84 Å². The molecule has 0 aromatic rings. The molecule has 0 bridgehead atoms. The highest BCUT2D eigenvalue weighted by Gasteiger charge is 2.08. The Balaban J connectivity index is 3.99. The molecule has 0 saturated heterocycles. The number of aliphatic hydroxyl groups is 1. The maximum Gasteiger partial charge on any atom is 0.330 e. The molecule has 3 nitrogen and oxygen atoms in total. The number of esters is 1. The zero-order chi connectivity index (χ0) is 10.3. The molecular weight excluding hydrogens is 168 g/mol. The van der Waals surface area contributed by atoms with Gasteiger partial charge >= 0.3 is 5.97 Å². The minimum absolute atomic E-state index is 0.0319. The van der Waals surface area contributed by atoms with Crippen LogP contribution in [-0.4, -0.2) is 24.3 Å². The second-order valence-electron chi connectivity index (χ2n) is 3.20. The van der Waals surface area contributed by atoms with Crippen molar-refractivity contribution >= 4 is 5.97 Å². The van der Waals surface area contributed by atoms with Crippen LogP contribution >= 0.6 is 0 Å². The first-order valence-electron chi connectivity index (χ1n) is 4.57. The molecule has 0 heterocycles. The van der Waals surface area contributed by atoms with Crippen molar-refractivity contribution in [1.29, 1.82) is 0 Å². The van der Waals surface area contributed by atoms with Gasteiger partial charge in [-0.25, -0.2) is 4.79 Å². The molecule has 76 valence electrons. The Morgan fingerprint density at radius 1 is 1.54 bits per heavy atom. The lowest BCUT2D eigenvalue weighted by atomic mass is 9.96. The molecule has 0 aliphatic carbocycles. The van der Waals surface area contributed by atoms with E-state index >= 15 is 0 Å². The van der Waals surface area contributed by atoms with Gasteiger partial charge in [0.1, 0.15) is 0 Å². The van der Waals surface area contributed by atoms with Crippen LogP contribution in [0.1, 0.15) is 20.8 Å². The lowest BCUT2D eigenvalue weighted by molar-refractivity contribution is -0.137. The summed E-state index contributed by atoms with van der Waals surface area (Å²) < 4.78 is 4.71. The highest BCUT2D eigenvalue weighted by molar-refractivity contribution is 5.81. The van der Waals surface area contributed by atoms with Crippen molar-refractivity contribution in [3.63, 3.8) is 0 Å². The summed E-state index contributed by atoms with van der Waals surface area (Å²) >= 11 is 0. The van der Waals surface area contributed by atoms with Crippen molar-refractivity contribution in [2.24, 2.45) is 11.8 Å². The lowest BCUT2D eigenvalue weighted by Gasteiger charge is -2.12. The topological polar surface area (TPSA) is 46.5 Å². The Hall–Kier alpha value is -0.830. The minimum atomic E-state index is -0.346. The van der Waals surface area contributed by atoms with E-state index < -0.39 is 0 Å². The lowest BCUT2D eigenvalue weighted by Crippen LogP contribution is -2.11. The predicted octanol–water partition coefficient (Wildman–Crippen LogP) is 1.37.